The first kappa shape index (κ1) is 13.1. The fourth-order valence-electron chi connectivity index (χ4n) is 3.54. The van der Waals surface area contributed by atoms with Crippen molar-refractivity contribution in [2.75, 3.05) is 20.1 Å². The van der Waals surface area contributed by atoms with Crippen molar-refractivity contribution in [1.29, 1.82) is 0 Å². The first-order valence-corrected chi connectivity index (χ1v) is 7.64. The second-order valence-corrected chi connectivity index (χ2v) is 6.33. The normalized spacial score (nSPS) is 33.5. The highest BCUT2D eigenvalue weighted by atomic mass is 16.3. The molecule has 0 spiro atoms. The number of imidazole rings is 1. The molecule has 1 saturated heterocycles. The van der Waals surface area contributed by atoms with Crippen LogP contribution in [0.5, 0.6) is 0 Å². The van der Waals surface area contributed by atoms with Gasteiger partial charge in [0.25, 0.3) is 0 Å². The van der Waals surface area contributed by atoms with Crippen molar-refractivity contribution >= 4 is 0 Å². The van der Waals surface area contributed by atoms with Crippen LogP contribution in [-0.4, -0.2) is 46.2 Å². The molecule has 2 aliphatic rings. The number of hydrogen-bond acceptors (Lipinski definition) is 3. The number of aliphatic hydroxyl groups is 1. The van der Waals surface area contributed by atoms with Crippen LogP contribution in [0.4, 0.5) is 0 Å². The molecule has 3 rings (SSSR count). The van der Waals surface area contributed by atoms with E-state index in [0.717, 1.165) is 38.1 Å². The van der Waals surface area contributed by atoms with Gasteiger partial charge in [-0.2, -0.15) is 0 Å². The van der Waals surface area contributed by atoms with Gasteiger partial charge in [-0.3, -0.25) is 0 Å². The zero-order chi connectivity index (χ0) is 13.2. The quantitative estimate of drug-likeness (QED) is 0.860. The molecule has 106 valence electrons. The third-order valence-corrected chi connectivity index (χ3v) is 4.76. The molecule has 1 unspecified atom stereocenters. The summed E-state index contributed by atoms with van der Waals surface area (Å²) in [5.41, 5.74) is 1.31. The number of rotatable bonds is 2. The second kappa shape index (κ2) is 5.63. The molecule has 0 radical (unpaired) electrons. The van der Waals surface area contributed by atoms with E-state index in [1.54, 1.807) is 0 Å². The molecule has 0 bridgehead atoms. The van der Waals surface area contributed by atoms with Crippen molar-refractivity contribution in [1.82, 2.24) is 14.9 Å². The topological polar surface area (TPSA) is 52.1 Å². The highest BCUT2D eigenvalue weighted by Crippen LogP contribution is 2.32. The largest absolute Gasteiger partial charge is 0.393 e. The summed E-state index contributed by atoms with van der Waals surface area (Å²) in [5.74, 6) is 2.29. The molecule has 2 N–H and O–H groups in total. The smallest absolute Gasteiger partial charge is 0.109 e. The first-order valence-electron chi connectivity index (χ1n) is 7.64. The van der Waals surface area contributed by atoms with Gasteiger partial charge in [0.15, 0.2) is 0 Å². The number of likely N-dealkylation sites (tertiary alicyclic amines) is 1. The number of H-pyrrole nitrogens is 1. The summed E-state index contributed by atoms with van der Waals surface area (Å²) in [6.07, 6.45) is 8.50. The van der Waals surface area contributed by atoms with Crippen molar-refractivity contribution in [3.8, 4) is 0 Å². The average molecular weight is 263 g/mol. The second-order valence-electron chi connectivity index (χ2n) is 6.33. The number of likely N-dealkylation sites (N-methyl/N-ethyl adjacent to an activating group) is 1. The Hall–Kier alpha value is -0.870. The number of aromatic amines is 1. The molecule has 0 amide bonds. The van der Waals surface area contributed by atoms with Gasteiger partial charge in [0, 0.05) is 30.3 Å². The van der Waals surface area contributed by atoms with E-state index in [4.69, 9.17) is 0 Å². The summed E-state index contributed by atoms with van der Waals surface area (Å²) in [7, 11) is 2.20. The van der Waals surface area contributed by atoms with Gasteiger partial charge in [-0.15, -0.1) is 0 Å². The number of nitrogens with zero attached hydrogens (tertiary/aromatic N) is 2. The van der Waals surface area contributed by atoms with E-state index in [0.29, 0.717) is 11.8 Å². The summed E-state index contributed by atoms with van der Waals surface area (Å²) in [6.45, 7) is 2.36. The third kappa shape index (κ3) is 3.00. The molecule has 1 aliphatic heterocycles. The molecule has 1 aromatic rings. The Bertz CT molecular complexity index is 409. The maximum Gasteiger partial charge on any atom is 0.109 e. The Kier molecular flexibility index (Phi) is 3.89. The minimum atomic E-state index is -0.0855. The maximum atomic E-state index is 9.58. The van der Waals surface area contributed by atoms with E-state index in [-0.39, 0.29) is 6.10 Å². The monoisotopic (exact) mass is 263 g/mol. The van der Waals surface area contributed by atoms with E-state index < -0.39 is 0 Å². The molecular formula is C15H25N3O. The van der Waals surface area contributed by atoms with Crippen LogP contribution in [-0.2, 0) is 0 Å². The van der Waals surface area contributed by atoms with Gasteiger partial charge < -0.3 is 15.0 Å². The average Bonchev–Trinajstić information content (AvgIpc) is 2.89. The van der Waals surface area contributed by atoms with Crippen LogP contribution in [0.3, 0.4) is 0 Å². The highest BCUT2D eigenvalue weighted by Gasteiger charge is 2.25. The van der Waals surface area contributed by atoms with Crippen molar-refractivity contribution < 1.29 is 5.11 Å². The zero-order valence-corrected chi connectivity index (χ0v) is 11.8. The molecule has 4 nitrogen and oxygen atoms in total. The molecule has 1 atom stereocenters. The number of aromatic nitrogens is 2. The lowest BCUT2D eigenvalue weighted by atomic mass is 9.87. The van der Waals surface area contributed by atoms with E-state index in [9.17, 15) is 5.11 Å². The van der Waals surface area contributed by atoms with Gasteiger partial charge in [-0.1, -0.05) is 0 Å². The summed E-state index contributed by atoms with van der Waals surface area (Å²) >= 11 is 0. The van der Waals surface area contributed by atoms with Crippen LogP contribution in [0, 0.1) is 0 Å². The molecule has 19 heavy (non-hydrogen) atoms. The fourth-order valence-corrected chi connectivity index (χ4v) is 3.54. The SMILES string of the molecule is CN1CCCC(c2cnc(C3CCC(O)CC3)[nH]2)C1. The number of aliphatic hydroxyl groups excluding tert-OH is 1. The maximum absolute atomic E-state index is 9.58. The minimum absolute atomic E-state index is 0.0855. The highest BCUT2D eigenvalue weighted by molar-refractivity contribution is 5.12. The van der Waals surface area contributed by atoms with Gasteiger partial charge in [0.1, 0.15) is 5.82 Å². The summed E-state index contributed by atoms with van der Waals surface area (Å²) < 4.78 is 0. The van der Waals surface area contributed by atoms with Gasteiger partial charge in [-0.25, -0.2) is 4.98 Å². The van der Waals surface area contributed by atoms with Crippen LogP contribution < -0.4 is 0 Å². The Morgan fingerprint density at radius 1 is 1.21 bits per heavy atom. The predicted molar refractivity (Wildman–Crippen MR) is 75.3 cm³/mol. The molecule has 1 aromatic heterocycles. The van der Waals surface area contributed by atoms with E-state index in [1.165, 1.54) is 25.1 Å². The van der Waals surface area contributed by atoms with Gasteiger partial charge in [0.05, 0.1) is 6.10 Å². The van der Waals surface area contributed by atoms with Crippen LogP contribution in [0.25, 0.3) is 0 Å². The number of hydrogen-bond donors (Lipinski definition) is 2. The fraction of sp³-hybridized carbons (Fsp3) is 0.800. The molecule has 2 fully saturated rings. The van der Waals surface area contributed by atoms with Crippen LogP contribution in [0.2, 0.25) is 0 Å². The molecule has 4 heteroatoms. The van der Waals surface area contributed by atoms with Crippen molar-refractivity contribution in [3.63, 3.8) is 0 Å². The molecule has 1 saturated carbocycles. The lowest BCUT2D eigenvalue weighted by Crippen LogP contribution is -2.31. The zero-order valence-electron chi connectivity index (χ0n) is 11.8. The molecule has 0 aromatic carbocycles. The third-order valence-electron chi connectivity index (χ3n) is 4.76. The number of piperidine rings is 1. The Morgan fingerprint density at radius 3 is 2.74 bits per heavy atom. The number of nitrogens with one attached hydrogen (secondary N) is 1. The Morgan fingerprint density at radius 2 is 2.00 bits per heavy atom. The summed E-state index contributed by atoms with van der Waals surface area (Å²) in [6, 6.07) is 0. The Balaban J connectivity index is 1.65. The van der Waals surface area contributed by atoms with E-state index in [1.807, 2.05) is 6.20 Å². The van der Waals surface area contributed by atoms with E-state index >= 15 is 0 Å². The summed E-state index contributed by atoms with van der Waals surface area (Å²) in [4.78, 5) is 10.6. The standard InChI is InChI=1S/C15H25N3O/c1-18-8-2-3-12(10-18)14-9-16-15(17-14)11-4-6-13(19)7-5-11/h9,11-13,19H,2-8,10H2,1H3,(H,16,17). The Labute approximate surface area is 115 Å². The molecular weight excluding hydrogens is 238 g/mol. The van der Waals surface area contributed by atoms with Crippen molar-refractivity contribution in [2.24, 2.45) is 0 Å². The lowest BCUT2D eigenvalue weighted by molar-refractivity contribution is 0.121. The molecule has 1 aliphatic carbocycles. The first-order chi connectivity index (χ1) is 9.22. The predicted octanol–water partition coefficient (Wildman–Crippen LogP) is 2.24. The van der Waals surface area contributed by atoms with Crippen LogP contribution in [0.1, 0.15) is 61.9 Å². The van der Waals surface area contributed by atoms with Gasteiger partial charge in [-0.05, 0) is 52.1 Å². The van der Waals surface area contributed by atoms with E-state index in [2.05, 4.69) is 21.9 Å². The minimum Gasteiger partial charge on any atom is -0.393 e. The molecule has 2 heterocycles. The van der Waals surface area contributed by atoms with Crippen molar-refractivity contribution in [2.45, 2.75) is 56.5 Å². The lowest BCUT2D eigenvalue weighted by Gasteiger charge is -2.29. The van der Waals surface area contributed by atoms with Gasteiger partial charge in [0.2, 0.25) is 0 Å². The van der Waals surface area contributed by atoms with Crippen LogP contribution >= 0.6 is 0 Å². The van der Waals surface area contributed by atoms with Gasteiger partial charge >= 0.3 is 0 Å². The van der Waals surface area contributed by atoms with Crippen molar-refractivity contribution in [3.05, 3.63) is 17.7 Å². The van der Waals surface area contributed by atoms with Crippen LogP contribution in [0.15, 0.2) is 6.20 Å². The summed E-state index contributed by atoms with van der Waals surface area (Å²) in [5, 5.41) is 9.58.